The average molecular weight is 253 g/mol. The Kier molecular flexibility index (Phi) is 5.02. The van der Waals surface area contributed by atoms with E-state index in [2.05, 4.69) is 73.8 Å². The molecule has 0 saturated heterocycles. The highest BCUT2D eigenvalue weighted by Gasteiger charge is 2.09. The molecule has 0 fully saturated rings. The molecular formula is C18H23N. The van der Waals surface area contributed by atoms with Crippen molar-refractivity contribution in [2.45, 2.75) is 39.2 Å². The number of benzene rings is 2. The minimum absolute atomic E-state index is 0.402. The predicted octanol–water partition coefficient (Wildman–Crippen LogP) is 5.20. The second-order valence-electron chi connectivity index (χ2n) is 4.95. The first-order valence-electron chi connectivity index (χ1n) is 7.24. The highest BCUT2D eigenvalue weighted by molar-refractivity contribution is 5.46. The van der Waals surface area contributed by atoms with Crippen molar-refractivity contribution in [2.75, 3.05) is 5.32 Å². The maximum atomic E-state index is 3.65. The molecule has 0 spiro atoms. The Balaban J connectivity index is 2.11. The molecule has 2 rings (SSSR count). The third kappa shape index (κ3) is 3.85. The fraction of sp³-hybridized carbons (Fsp3) is 0.333. The molecule has 0 amide bonds. The molecule has 2 aromatic carbocycles. The molecule has 1 nitrogen and oxygen atoms in total. The number of aryl methyl sites for hydroxylation is 1. The van der Waals surface area contributed by atoms with Gasteiger partial charge >= 0.3 is 0 Å². The van der Waals surface area contributed by atoms with Gasteiger partial charge in [-0.1, -0.05) is 62.7 Å². The summed E-state index contributed by atoms with van der Waals surface area (Å²) in [6.45, 7) is 4.42. The highest BCUT2D eigenvalue weighted by atomic mass is 14.9. The van der Waals surface area contributed by atoms with E-state index in [0.717, 1.165) is 12.8 Å². The molecule has 0 aliphatic heterocycles. The molecule has 19 heavy (non-hydrogen) atoms. The van der Waals surface area contributed by atoms with Gasteiger partial charge in [0.25, 0.3) is 0 Å². The predicted molar refractivity (Wildman–Crippen MR) is 83.5 cm³/mol. The molecule has 0 radical (unpaired) electrons. The van der Waals surface area contributed by atoms with Crippen LogP contribution in [0.1, 0.15) is 43.9 Å². The van der Waals surface area contributed by atoms with E-state index in [1.165, 1.54) is 23.2 Å². The third-order valence-corrected chi connectivity index (χ3v) is 3.48. The van der Waals surface area contributed by atoms with Crippen LogP contribution >= 0.6 is 0 Å². The molecule has 0 saturated carbocycles. The summed E-state index contributed by atoms with van der Waals surface area (Å²) in [6, 6.07) is 19.9. The molecule has 2 aromatic rings. The zero-order chi connectivity index (χ0) is 13.5. The summed E-state index contributed by atoms with van der Waals surface area (Å²) in [6.07, 6.45) is 3.43. The van der Waals surface area contributed by atoms with E-state index in [-0.39, 0.29) is 0 Å². The van der Waals surface area contributed by atoms with Gasteiger partial charge in [0.15, 0.2) is 0 Å². The largest absolute Gasteiger partial charge is 0.378 e. The van der Waals surface area contributed by atoms with Gasteiger partial charge in [-0.15, -0.1) is 0 Å². The molecule has 0 aliphatic carbocycles. The number of hydrogen-bond donors (Lipinski definition) is 1. The first kappa shape index (κ1) is 13.7. The third-order valence-electron chi connectivity index (χ3n) is 3.48. The molecule has 0 aromatic heterocycles. The van der Waals surface area contributed by atoms with E-state index in [9.17, 15) is 0 Å². The minimum atomic E-state index is 0.402. The van der Waals surface area contributed by atoms with Crippen LogP contribution in [0.2, 0.25) is 0 Å². The van der Waals surface area contributed by atoms with Crippen LogP contribution in [0.15, 0.2) is 54.6 Å². The molecule has 1 heteroatoms. The summed E-state index contributed by atoms with van der Waals surface area (Å²) in [4.78, 5) is 0. The van der Waals surface area contributed by atoms with Gasteiger partial charge in [-0.2, -0.15) is 0 Å². The lowest BCUT2D eigenvalue weighted by Gasteiger charge is -2.20. The van der Waals surface area contributed by atoms with Crippen LogP contribution in [-0.2, 0) is 6.42 Å². The Labute approximate surface area is 116 Å². The van der Waals surface area contributed by atoms with Crippen molar-refractivity contribution in [3.8, 4) is 0 Å². The van der Waals surface area contributed by atoms with E-state index in [0.29, 0.717) is 6.04 Å². The number of nitrogens with one attached hydrogen (secondary N) is 1. The molecule has 0 heterocycles. The maximum absolute atomic E-state index is 3.65. The topological polar surface area (TPSA) is 12.0 Å². The van der Waals surface area contributed by atoms with E-state index in [1.54, 1.807) is 0 Å². The smallest absolute Gasteiger partial charge is 0.0513 e. The summed E-state index contributed by atoms with van der Waals surface area (Å²) in [7, 11) is 0. The quantitative estimate of drug-likeness (QED) is 0.746. The maximum Gasteiger partial charge on any atom is 0.0513 e. The van der Waals surface area contributed by atoms with Gasteiger partial charge in [0.2, 0.25) is 0 Å². The molecule has 1 N–H and O–H groups in total. The Morgan fingerprint density at radius 3 is 2.16 bits per heavy atom. The molecule has 100 valence electrons. The second kappa shape index (κ2) is 6.98. The van der Waals surface area contributed by atoms with Gasteiger partial charge < -0.3 is 5.32 Å². The van der Waals surface area contributed by atoms with Crippen molar-refractivity contribution >= 4 is 5.69 Å². The van der Waals surface area contributed by atoms with Crippen LogP contribution < -0.4 is 5.32 Å². The average Bonchev–Trinajstić information content (AvgIpc) is 2.48. The first-order valence-corrected chi connectivity index (χ1v) is 7.24. The van der Waals surface area contributed by atoms with Crippen LogP contribution in [0.25, 0.3) is 0 Å². The monoisotopic (exact) mass is 253 g/mol. The number of hydrogen-bond acceptors (Lipinski definition) is 1. The van der Waals surface area contributed by atoms with Crippen molar-refractivity contribution in [3.63, 3.8) is 0 Å². The fourth-order valence-corrected chi connectivity index (χ4v) is 2.33. The Morgan fingerprint density at radius 1 is 0.895 bits per heavy atom. The van der Waals surface area contributed by atoms with Crippen molar-refractivity contribution < 1.29 is 0 Å². The Bertz CT molecular complexity index is 473. The van der Waals surface area contributed by atoms with E-state index >= 15 is 0 Å². The summed E-state index contributed by atoms with van der Waals surface area (Å²) < 4.78 is 0. The summed E-state index contributed by atoms with van der Waals surface area (Å²) in [5.74, 6) is 0. The minimum Gasteiger partial charge on any atom is -0.378 e. The second-order valence-corrected chi connectivity index (χ2v) is 4.95. The lowest BCUT2D eigenvalue weighted by Crippen LogP contribution is -2.10. The van der Waals surface area contributed by atoms with Gasteiger partial charge in [-0.25, -0.2) is 0 Å². The highest BCUT2D eigenvalue weighted by Crippen LogP contribution is 2.24. The van der Waals surface area contributed by atoms with Gasteiger partial charge in [-0.05, 0) is 36.1 Å². The molecule has 1 atom stereocenters. The van der Waals surface area contributed by atoms with Crippen LogP contribution in [-0.4, -0.2) is 0 Å². The van der Waals surface area contributed by atoms with Crippen molar-refractivity contribution in [3.05, 3.63) is 65.7 Å². The van der Waals surface area contributed by atoms with Gasteiger partial charge in [0, 0.05) is 5.69 Å². The number of rotatable bonds is 6. The summed E-state index contributed by atoms with van der Waals surface area (Å²) >= 11 is 0. The van der Waals surface area contributed by atoms with Gasteiger partial charge in [0.1, 0.15) is 0 Å². The first-order chi connectivity index (χ1) is 9.33. The molecular weight excluding hydrogens is 230 g/mol. The zero-order valence-corrected chi connectivity index (χ0v) is 11.9. The Hall–Kier alpha value is -1.76. The van der Waals surface area contributed by atoms with Crippen LogP contribution in [0.4, 0.5) is 5.69 Å². The SMILES string of the molecule is CCCC(Nc1ccc(CC)cc1)c1ccccc1. The number of anilines is 1. The Morgan fingerprint density at radius 2 is 1.58 bits per heavy atom. The standard InChI is InChI=1S/C18H23N/c1-3-8-18(16-9-6-5-7-10-16)19-17-13-11-15(4-2)12-14-17/h5-7,9-14,18-19H,3-4,8H2,1-2H3. The van der Waals surface area contributed by atoms with E-state index in [1.807, 2.05) is 0 Å². The van der Waals surface area contributed by atoms with Crippen LogP contribution in [0.3, 0.4) is 0 Å². The zero-order valence-electron chi connectivity index (χ0n) is 11.9. The lowest BCUT2D eigenvalue weighted by molar-refractivity contribution is 0.677. The van der Waals surface area contributed by atoms with E-state index in [4.69, 9.17) is 0 Å². The van der Waals surface area contributed by atoms with E-state index < -0.39 is 0 Å². The molecule has 0 aliphatic rings. The summed E-state index contributed by atoms with van der Waals surface area (Å²) in [5, 5.41) is 3.65. The van der Waals surface area contributed by atoms with Crippen LogP contribution in [0.5, 0.6) is 0 Å². The molecule has 0 bridgehead atoms. The summed E-state index contributed by atoms with van der Waals surface area (Å²) in [5.41, 5.74) is 3.96. The molecule has 1 unspecified atom stereocenters. The lowest BCUT2D eigenvalue weighted by atomic mass is 10.0. The van der Waals surface area contributed by atoms with Gasteiger partial charge in [-0.3, -0.25) is 0 Å². The van der Waals surface area contributed by atoms with Crippen LogP contribution in [0, 0.1) is 0 Å². The van der Waals surface area contributed by atoms with Gasteiger partial charge in [0.05, 0.1) is 6.04 Å². The van der Waals surface area contributed by atoms with Crippen molar-refractivity contribution in [1.29, 1.82) is 0 Å². The van der Waals surface area contributed by atoms with Crippen molar-refractivity contribution in [1.82, 2.24) is 0 Å². The fourth-order valence-electron chi connectivity index (χ4n) is 2.33. The van der Waals surface area contributed by atoms with Crippen molar-refractivity contribution in [2.24, 2.45) is 0 Å². The normalized spacial score (nSPS) is 12.1.